The Morgan fingerprint density at radius 2 is 2.50 bits per heavy atom. The van der Waals surface area contributed by atoms with Gasteiger partial charge in [0.25, 0.3) is 0 Å². The standard InChI is InChI=1S/C10H16IN3O2/c1-2-4-12-9(10(15)16)3-5-14-7-8(11)6-13-14/h6-7,9,12H,2-5H2,1H3,(H,15,16). The highest BCUT2D eigenvalue weighted by Crippen LogP contribution is 2.03. The molecule has 6 heteroatoms. The molecule has 90 valence electrons. The van der Waals surface area contributed by atoms with E-state index < -0.39 is 12.0 Å². The summed E-state index contributed by atoms with van der Waals surface area (Å²) in [4.78, 5) is 10.9. The Labute approximate surface area is 108 Å². The molecular formula is C10H16IN3O2. The second kappa shape index (κ2) is 6.85. The molecule has 0 aliphatic heterocycles. The van der Waals surface area contributed by atoms with Gasteiger partial charge in [0, 0.05) is 12.7 Å². The van der Waals surface area contributed by atoms with Crippen LogP contribution in [0.5, 0.6) is 0 Å². The van der Waals surface area contributed by atoms with Crippen LogP contribution in [0.1, 0.15) is 19.8 Å². The van der Waals surface area contributed by atoms with E-state index in [9.17, 15) is 4.79 Å². The largest absolute Gasteiger partial charge is 0.480 e. The van der Waals surface area contributed by atoms with Gasteiger partial charge in [0.1, 0.15) is 6.04 Å². The molecule has 1 atom stereocenters. The number of halogens is 1. The van der Waals surface area contributed by atoms with E-state index in [0.717, 1.165) is 16.5 Å². The Morgan fingerprint density at radius 3 is 3.00 bits per heavy atom. The quantitative estimate of drug-likeness (QED) is 0.737. The average molecular weight is 337 g/mol. The number of aryl methyl sites for hydroxylation is 1. The first-order valence-electron chi connectivity index (χ1n) is 5.27. The van der Waals surface area contributed by atoms with Gasteiger partial charge in [0.05, 0.1) is 9.77 Å². The highest BCUT2D eigenvalue weighted by atomic mass is 127. The van der Waals surface area contributed by atoms with Crippen LogP contribution in [0.4, 0.5) is 0 Å². The first kappa shape index (κ1) is 13.4. The lowest BCUT2D eigenvalue weighted by Crippen LogP contribution is -2.37. The predicted molar refractivity (Wildman–Crippen MR) is 69.3 cm³/mol. The maximum Gasteiger partial charge on any atom is 0.320 e. The van der Waals surface area contributed by atoms with Gasteiger partial charge in [-0.25, -0.2) is 0 Å². The predicted octanol–water partition coefficient (Wildman–Crippen LogP) is 1.33. The molecule has 1 aromatic heterocycles. The van der Waals surface area contributed by atoms with Crippen LogP contribution in [0.15, 0.2) is 12.4 Å². The Morgan fingerprint density at radius 1 is 1.75 bits per heavy atom. The van der Waals surface area contributed by atoms with E-state index in [1.54, 1.807) is 10.9 Å². The number of nitrogens with zero attached hydrogens (tertiary/aromatic N) is 2. The maximum atomic E-state index is 10.9. The number of aromatic nitrogens is 2. The van der Waals surface area contributed by atoms with E-state index >= 15 is 0 Å². The van der Waals surface area contributed by atoms with Crippen LogP contribution in [-0.4, -0.2) is 33.4 Å². The molecule has 0 aliphatic rings. The summed E-state index contributed by atoms with van der Waals surface area (Å²) >= 11 is 2.18. The topological polar surface area (TPSA) is 67.2 Å². The lowest BCUT2D eigenvalue weighted by atomic mass is 10.2. The van der Waals surface area contributed by atoms with E-state index in [-0.39, 0.29) is 0 Å². The van der Waals surface area contributed by atoms with Crippen molar-refractivity contribution in [3.8, 4) is 0 Å². The molecule has 1 heterocycles. The molecule has 0 saturated heterocycles. The van der Waals surface area contributed by atoms with Crippen molar-refractivity contribution in [2.24, 2.45) is 0 Å². The van der Waals surface area contributed by atoms with Gasteiger partial charge >= 0.3 is 5.97 Å². The number of nitrogens with one attached hydrogen (secondary N) is 1. The molecule has 0 radical (unpaired) electrons. The van der Waals surface area contributed by atoms with Gasteiger partial charge < -0.3 is 10.4 Å². The molecule has 0 amide bonds. The number of rotatable bonds is 7. The SMILES string of the molecule is CCCNC(CCn1cc(I)cn1)C(=O)O. The molecule has 1 unspecified atom stereocenters. The Bertz CT molecular complexity index is 341. The molecular weight excluding hydrogens is 321 g/mol. The van der Waals surface area contributed by atoms with Gasteiger partial charge in [-0.15, -0.1) is 0 Å². The fourth-order valence-electron chi connectivity index (χ4n) is 1.35. The molecule has 0 aromatic carbocycles. The summed E-state index contributed by atoms with van der Waals surface area (Å²) in [5.74, 6) is -0.796. The van der Waals surface area contributed by atoms with Crippen LogP contribution >= 0.6 is 22.6 Å². The molecule has 0 bridgehead atoms. The summed E-state index contributed by atoms with van der Waals surface area (Å²) in [6.45, 7) is 3.37. The van der Waals surface area contributed by atoms with Crippen molar-refractivity contribution in [2.75, 3.05) is 6.54 Å². The van der Waals surface area contributed by atoms with E-state index in [4.69, 9.17) is 5.11 Å². The highest BCUT2D eigenvalue weighted by Gasteiger charge is 2.15. The fraction of sp³-hybridized carbons (Fsp3) is 0.600. The third-order valence-corrected chi connectivity index (χ3v) is 2.74. The van der Waals surface area contributed by atoms with Crippen LogP contribution < -0.4 is 5.32 Å². The zero-order chi connectivity index (χ0) is 12.0. The van der Waals surface area contributed by atoms with Crippen LogP contribution in [0.25, 0.3) is 0 Å². The van der Waals surface area contributed by atoms with E-state index in [2.05, 4.69) is 33.0 Å². The maximum absolute atomic E-state index is 10.9. The molecule has 0 spiro atoms. The molecule has 1 aromatic rings. The third-order valence-electron chi connectivity index (χ3n) is 2.19. The van der Waals surface area contributed by atoms with Crippen molar-refractivity contribution in [3.05, 3.63) is 16.0 Å². The molecule has 1 rings (SSSR count). The number of aliphatic carboxylic acids is 1. The summed E-state index contributed by atoms with van der Waals surface area (Å²) in [7, 11) is 0. The second-order valence-corrected chi connectivity index (χ2v) is 4.80. The first-order valence-corrected chi connectivity index (χ1v) is 6.35. The summed E-state index contributed by atoms with van der Waals surface area (Å²) in [5, 5.41) is 16.1. The monoisotopic (exact) mass is 337 g/mol. The van der Waals surface area contributed by atoms with Crippen LogP contribution in [0.3, 0.4) is 0 Å². The number of hydrogen-bond donors (Lipinski definition) is 2. The van der Waals surface area contributed by atoms with Gasteiger partial charge in [-0.05, 0) is 42.0 Å². The minimum absolute atomic E-state index is 0.484. The van der Waals surface area contributed by atoms with E-state index in [1.165, 1.54) is 0 Å². The normalized spacial score (nSPS) is 12.6. The number of carboxylic acids is 1. The van der Waals surface area contributed by atoms with Gasteiger partial charge in [0.2, 0.25) is 0 Å². The lowest BCUT2D eigenvalue weighted by molar-refractivity contribution is -0.139. The highest BCUT2D eigenvalue weighted by molar-refractivity contribution is 14.1. The van der Waals surface area contributed by atoms with Crippen LogP contribution in [-0.2, 0) is 11.3 Å². The number of hydrogen-bond acceptors (Lipinski definition) is 3. The van der Waals surface area contributed by atoms with Crippen molar-refractivity contribution in [3.63, 3.8) is 0 Å². The van der Waals surface area contributed by atoms with Crippen molar-refractivity contribution in [2.45, 2.75) is 32.4 Å². The Hall–Kier alpha value is -0.630. The van der Waals surface area contributed by atoms with Gasteiger partial charge in [-0.3, -0.25) is 9.48 Å². The summed E-state index contributed by atoms with van der Waals surface area (Å²) in [5.41, 5.74) is 0. The van der Waals surface area contributed by atoms with Crippen molar-refractivity contribution in [1.29, 1.82) is 0 Å². The van der Waals surface area contributed by atoms with Gasteiger partial charge in [0.15, 0.2) is 0 Å². The van der Waals surface area contributed by atoms with Crippen LogP contribution in [0, 0.1) is 3.57 Å². The molecule has 5 nitrogen and oxygen atoms in total. The summed E-state index contributed by atoms with van der Waals surface area (Å²) in [6, 6.07) is -0.484. The van der Waals surface area contributed by atoms with Crippen molar-refractivity contribution >= 4 is 28.6 Å². The molecule has 16 heavy (non-hydrogen) atoms. The summed E-state index contributed by atoms with van der Waals surface area (Å²) < 4.78 is 2.83. The fourth-order valence-corrected chi connectivity index (χ4v) is 1.80. The van der Waals surface area contributed by atoms with Crippen molar-refractivity contribution < 1.29 is 9.90 Å². The minimum atomic E-state index is -0.796. The lowest BCUT2D eigenvalue weighted by Gasteiger charge is -2.13. The molecule has 0 saturated carbocycles. The van der Waals surface area contributed by atoms with Crippen LogP contribution in [0.2, 0.25) is 0 Å². The van der Waals surface area contributed by atoms with Gasteiger partial charge in [-0.1, -0.05) is 6.92 Å². The third kappa shape index (κ3) is 4.48. The molecule has 2 N–H and O–H groups in total. The van der Waals surface area contributed by atoms with E-state index in [1.807, 2.05) is 13.1 Å². The van der Waals surface area contributed by atoms with Crippen molar-refractivity contribution in [1.82, 2.24) is 15.1 Å². The Kier molecular flexibility index (Phi) is 5.75. The van der Waals surface area contributed by atoms with E-state index in [0.29, 0.717) is 13.0 Å². The number of carboxylic acid groups (broad SMARTS) is 1. The zero-order valence-electron chi connectivity index (χ0n) is 9.19. The molecule has 0 fully saturated rings. The van der Waals surface area contributed by atoms with Gasteiger partial charge in [-0.2, -0.15) is 5.10 Å². The zero-order valence-corrected chi connectivity index (χ0v) is 11.3. The molecule has 0 aliphatic carbocycles. The number of carbonyl (C=O) groups is 1. The first-order chi connectivity index (χ1) is 7.63. The smallest absolute Gasteiger partial charge is 0.320 e. The second-order valence-electron chi connectivity index (χ2n) is 3.56. The Balaban J connectivity index is 2.40. The minimum Gasteiger partial charge on any atom is -0.480 e. The summed E-state index contributed by atoms with van der Waals surface area (Å²) in [6.07, 6.45) is 5.14. The average Bonchev–Trinajstić information content (AvgIpc) is 2.64.